The molecule has 0 amide bonds. The molecule has 1 N–H and O–H groups in total. The van der Waals surface area contributed by atoms with E-state index in [1.807, 2.05) is 18.8 Å². The van der Waals surface area contributed by atoms with Gasteiger partial charge in [-0.05, 0) is 12.5 Å². The predicted molar refractivity (Wildman–Crippen MR) is 45.8 cm³/mol. The summed E-state index contributed by atoms with van der Waals surface area (Å²) in [5, 5.41) is 5.89. The van der Waals surface area contributed by atoms with Gasteiger partial charge in [-0.3, -0.25) is 0 Å². The summed E-state index contributed by atoms with van der Waals surface area (Å²) < 4.78 is 0. The van der Waals surface area contributed by atoms with Crippen LogP contribution in [0.15, 0.2) is 11.5 Å². The Balaban J connectivity index is 3.04. The van der Waals surface area contributed by atoms with Crippen LogP contribution in [-0.2, 0) is 0 Å². The van der Waals surface area contributed by atoms with Crippen LogP contribution in [0.5, 0.6) is 0 Å². The number of likely N-dealkylation sites (N-methyl/N-ethyl adjacent to an activating group) is 1. The average molecular weight is 145 g/mol. The summed E-state index contributed by atoms with van der Waals surface area (Å²) in [7, 11) is 1.95. The Hall–Kier alpha value is 0.0500. The lowest BCUT2D eigenvalue weighted by Gasteiger charge is -1.95. The maximum absolute atomic E-state index is 3.04. The molecule has 0 bridgehead atoms. The first kappa shape index (κ1) is 9.05. The molecule has 0 aliphatic heterocycles. The lowest BCUT2D eigenvalue weighted by molar-refractivity contribution is 0.921. The second kappa shape index (κ2) is 6.17. The standard InChI is InChI=1S/C7H15NS/c1-7(2)9-6-4-5-8-3/h4,6-8H,5H2,1-3H3/b6-4-. The molecule has 0 aromatic carbocycles. The zero-order valence-electron chi connectivity index (χ0n) is 6.35. The van der Waals surface area contributed by atoms with E-state index in [9.17, 15) is 0 Å². The fourth-order valence-corrected chi connectivity index (χ4v) is 0.900. The molecule has 0 fully saturated rings. The molecule has 0 aromatic heterocycles. The van der Waals surface area contributed by atoms with Gasteiger partial charge in [-0.2, -0.15) is 0 Å². The lowest BCUT2D eigenvalue weighted by atomic mass is 10.6. The van der Waals surface area contributed by atoms with Crippen LogP contribution in [-0.4, -0.2) is 18.8 Å². The van der Waals surface area contributed by atoms with Gasteiger partial charge in [0.1, 0.15) is 0 Å². The minimum Gasteiger partial charge on any atom is -0.316 e. The number of nitrogens with one attached hydrogen (secondary N) is 1. The summed E-state index contributed by atoms with van der Waals surface area (Å²) >= 11 is 1.85. The van der Waals surface area contributed by atoms with E-state index < -0.39 is 0 Å². The highest BCUT2D eigenvalue weighted by atomic mass is 32.2. The molecular weight excluding hydrogens is 130 g/mol. The van der Waals surface area contributed by atoms with E-state index in [1.54, 1.807) is 0 Å². The molecule has 0 saturated carbocycles. The first-order chi connectivity index (χ1) is 4.27. The van der Waals surface area contributed by atoms with Crippen LogP contribution in [0.25, 0.3) is 0 Å². The number of thioether (sulfide) groups is 1. The third-order valence-corrected chi connectivity index (χ3v) is 1.66. The van der Waals surface area contributed by atoms with E-state index in [-0.39, 0.29) is 0 Å². The fourth-order valence-electron chi connectivity index (χ4n) is 0.379. The number of hydrogen-bond donors (Lipinski definition) is 1. The molecule has 0 unspecified atom stereocenters. The van der Waals surface area contributed by atoms with Crippen LogP contribution in [0.4, 0.5) is 0 Å². The Morgan fingerprint density at radius 3 is 2.67 bits per heavy atom. The second-order valence-corrected chi connectivity index (χ2v) is 3.60. The largest absolute Gasteiger partial charge is 0.316 e. The summed E-state index contributed by atoms with van der Waals surface area (Å²) in [6.45, 7) is 5.35. The molecule has 0 radical (unpaired) electrons. The molecule has 2 heteroatoms. The minimum absolute atomic E-state index is 0.707. The van der Waals surface area contributed by atoms with Gasteiger partial charge in [-0.1, -0.05) is 19.9 Å². The predicted octanol–water partition coefficient (Wildman–Crippen LogP) is 1.86. The van der Waals surface area contributed by atoms with Gasteiger partial charge < -0.3 is 5.32 Å². The summed E-state index contributed by atoms with van der Waals surface area (Å²) in [4.78, 5) is 0. The van der Waals surface area contributed by atoms with E-state index in [0.717, 1.165) is 6.54 Å². The summed E-state index contributed by atoms with van der Waals surface area (Å²) in [5.74, 6) is 0. The molecule has 0 heterocycles. The lowest BCUT2D eigenvalue weighted by Crippen LogP contribution is -2.03. The molecule has 0 saturated heterocycles. The monoisotopic (exact) mass is 145 g/mol. The first-order valence-corrected chi connectivity index (χ1v) is 4.16. The topological polar surface area (TPSA) is 12.0 Å². The van der Waals surface area contributed by atoms with Crippen molar-refractivity contribution >= 4 is 11.8 Å². The quantitative estimate of drug-likeness (QED) is 0.648. The van der Waals surface area contributed by atoms with E-state index in [4.69, 9.17) is 0 Å². The Morgan fingerprint density at radius 1 is 1.56 bits per heavy atom. The van der Waals surface area contributed by atoms with Gasteiger partial charge in [-0.25, -0.2) is 0 Å². The summed E-state index contributed by atoms with van der Waals surface area (Å²) in [6, 6.07) is 0. The molecule has 1 nitrogen and oxygen atoms in total. The zero-order valence-corrected chi connectivity index (χ0v) is 7.16. The van der Waals surface area contributed by atoms with Crippen molar-refractivity contribution < 1.29 is 0 Å². The third kappa shape index (κ3) is 8.05. The number of rotatable bonds is 4. The Kier molecular flexibility index (Phi) is 6.21. The van der Waals surface area contributed by atoms with Gasteiger partial charge in [0.2, 0.25) is 0 Å². The van der Waals surface area contributed by atoms with Crippen molar-refractivity contribution in [1.29, 1.82) is 0 Å². The molecule has 0 rings (SSSR count). The first-order valence-electron chi connectivity index (χ1n) is 3.22. The highest BCUT2D eigenvalue weighted by molar-refractivity contribution is 8.02. The van der Waals surface area contributed by atoms with E-state index >= 15 is 0 Å². The Labute approximate surface area is 61.9 Å². The summed E-state index contributed by atoms with van der Waals surface area (Å²) in [6.07, 6.45) is 2.13. The third-order valence-electron chi connectivity index (χ3n) is 0.769. The van der Waals surface area contributed by atoms with Gasteiger partial charge in [0.25, 0.3) is 0 Å². The van der Waals surface area contributed by atoms with Crippen LogP contribution in [0, 0.1) is 0 Å². The van der Waals surface area contributed by atoms with Gasteiger partial charge in [0, 0.05) is 11.8 Å². The highest BCUT2D eigenvalue weighted by Gasteiger charge is 1.85. The van der Waals surface area contributed by atoms with Crippen molar-refractivity contribution in [3.05, 3.63) is 11.5 Å². The summed E-state index contributed by atoms with van der Waals surface area (Å²) in [5.41, 5.74) is 0. The molecule has 0 spiro atoms. The van der Waals surface area contributed by atoms with Crippen molar-refractivity contribution in [3.63, 3.8) is 0 Å². The van der Waals surface area contributed by atoms with Crippen LogP contribution >= 0.6 is 11.8 Å². The van der Waals surface area contributed by atoms with Crippen molar-refractivity contribution in [2.24, 2.45) is 0 Å². The molecule has 54 valence electrons. The molecular formula is C7H15NS. The van der Waals surface area contributed by atoms with Gasteiger partial charge in [0.15, 0.2) is 0 Å². The smallest absolute Gasteiger partial charge is 0.0139 e. The fraction of sp³-hybridized carbons (Fsp3) is 0.714. The van der Waals surface area contributed by atoms with Crippen LogP contribution in [0.3, 0.4) is 0 Å². The zero-order chi connectivity index (χ0) is 7.11. The van der Waals surface area contributed by atoms with Gasteiger partial charge in [0.05, 0.1) is 0 Å². The maximum atomic E-state index is 3.04. The van der Waals surface area contributed by atoms with Crippen LogP contribution < -0.4 is 5.32 Å². The maximum Gasteiger partial charge on any atom is 0.0139 e. The van der Waals surface area contributed by atoms with E-state index in [0.29, 0.717) is 5.25 Å². The molecule has 0 aromatic rings. The highest BCUT2D eigenvalue weighted by Crippen LogP contribution is 2.09. The van der Waals surface area contributed by atoms with Gasteiger partial charge >= 0.3 is 0 Å². The number of hydrogen-bond acceptors (Lipinski definition) is 2. The Bertz CT molecular complexity index is 79.0. The van der Waals surface area contributed by atoms with Gasteiger partial charge in [-0.15, -0.1) is 11.8 Å². The minimum atomic E-state index is 0.707. The van der Waals surface area contributed by atoms with Crippen molar-refractivity contribution in [2.45, 2.75) is 19.1 Å². The van der Waals surface area contributed by atoms with Crippen molar-refractivity contribution in [1.82, 2.24) is 5.32 Å². The average Bonchev–Trinajstić information content (AvgIpc) is 1.80. The van der Waals surface area contributed by atoms with E-state index in [2.05, 4.69) is 30.6 Å². The molecule has 0 aliphatic rings. The van der Waals surface area contributed by atoms with Crippen LogP contribution in [0.1, 0.15) is 13.8 Å². The molecule has 9 heavy (non-hydrogen) atoms. The second-order valence-electron chi connectivity index (χ2n) is 2.11. The SMILES string of the molecule is CNC/C=C\SC(C)C. The van der Waals surface area contributed by atoms with Crippen LogP contribution in [0.2, 0.25) is 0 Å². The Morgan fingerprint density at radius 2 is 2.22 bits per heavy atom. The van der Waals surface area contributed by atoms with E-state index in [1.165, 1.54) is 0 Å². The molecule has 0 aliphatic carbocycles. The van der Waals surface area contributed by atoms with Crippen molar-refractivity contribution in [3.8, 4) is 0 Å². The molecule has 0 atom stereocenters. The van der Waals surface area contributed by atoms with Crippen molar-refractivity contribution in [2.75, 3.05) is 13.6 Å². The normalized spacial score (nSPS) is 11.6.